The van der Waals surface area contributed by atoms with Crippen molar-refractivity contribution in [2.75, 3.05) is 32.1 Å². The van der Waals surface area contributed by atoms with E-state index in [0.29, 0.717) is 5.82 Å². The van der Waals surface area contributed by atoms with Crippen LogP contribution in [0.4, 0.5) is 10.2 Å². The third-order valence-electron chi connectivity index (χ3n) is 4.23. The van der Waals surface area contributed by atoms with Crippen molar-refractivity contribution in [2.24, 2.45) is 7.05 Å². The molecule has 0 fully saturated rings. The van der Waals surface area contributed by atoms with Crippen molar-refractivity contribution in [1.82, 2.24) is 14.1 Å². The van der Waals surface area contributed by atoms with Crippen molar-refractivity contribution >= 4 is 21.7 Å². The number of hydrogen-bond donors (Lipinski definition) is 1. The van der Waals surface area contributed by atoms with Crippen molar-refractivity contribution in [1.29, 1.82) is 0 Å². The fraction of sp³-hybridized carbons (Fsp3) is 0.474. The molecular weight excluding hydrogens is 399 g/mol. The molecule has 0 spiro atoms. The Hall–Kier alpha value is -2.30. The second kappa shape index (κ2) is 9.02. The van der Waals surface area contributed by atoms with Gasteiger partial charge in [-0.2, -0.15) is 9.40 Å². The zero-order valence-corrected chi connectivity index (χ0v) is 18.1. The number of hydrogen-bond acceptors (Lipinski definition) is 5. The Kier molecular flexibility index (Phi) is 7.15. The zero-order chi connectivity index (χ0) is 21.8. The van der Waals surface area contributed by atoms with E-state index in [-0.39, 0.29) is 23.5 Å². The number of ether oxygens (including phenoxy) is 1. The van der Waals surface area contributed by atoms with Crippen LogP contribution in [0.15, 0.2) is 35.2 Å². The molecule has 29 heavy (non-hydrogen) atoms. The number of amides is 1. The minimum Gasteiger partial charge on any atom is -0.383 e. The third-order valence-corrected chi connectivity index (χ3v) is 6.09. The molecule has 0 saturated carbocycles. The van der Waals surface area contributed by atoms with Gasteiger partial charge in [-0.05, 0) is 24.3 Å². The number of carbonyl (C=O) groups is 1. The quantitative estimate of drug-likeness (QED) is 0.698. The Balaban J connectivity index is 2.20. The number of aromatic nitrogens is 2. The van der Waals surface area contributed by atoms with Gasteiger partial charge in [0.15, 0.2) is 0 Å². The van der Waals surface area contributed by atoms with E-state index in [1.807, 2.05) is 20.8 Å². The molecule has 2 aromatic rings. The number of benzene rings is 1. The largest absolute Gasteiger partial charge is 0.383 e. The number of nitrogens with zero attached hydrogens (tertiary/aromatic N) is 3. The van der Waals surface area contributed by atoms with Crippen LogP contribution < -0.4 is 5.32 Å². The lowest BCUT2D eigenvalue weighted by atomic mass is 9.92. The van der Waals surface area contributed by atoms with Crippen molar-refractivity contribution in [2.45, 2.75) is 31.1 Å². The predicted molar refractivity (Wildman–Crippen MR) is 108 cm³/mol. The summed E-state index contributed by atoms with van der Waals surface area (Å²) in [5.74, 6) is -0.600. The van der Waals surface area contributed by atoms with Gasteiger partial charge in [0.2, 0.25) is 15.9 Å². The van der Waals surface area contributed by atoms with Crippen molar-refractivity contribution in [3.8, 4) is 0 Å². The van der Waals surface area contributed by atoms with E-state index in [1.54, 1.807) is 13.1 Å². The van der Waals surface area contributed by atoms with E-state index in [4.69, 9.17) is 4.74 Å². The smallest absolute Gasteiger partial charge is 0.243 e. The topological polar surface area (TPSA) is 93.5 Å². The number of halogens is 1. The van der Waals surface area contributed by atoms with Gasteiger partial charge in [0, 0.05) is 32.2 Å². The summed E-state index contributed by atoms with van der Waals surface area (Å²) in [7, 11) is -0.868. The summed E-state index contributed by atoms with van der Waals surface area (Å²) in [5.41, 5.74) is 0.599. The van der Waals surface area contributed by atoms with Gasteiger partial charge < -0.3 is 10.1 Å². The number of nitrogens with one attached hydrogen (secondary N) is 1. The summed E-state index contributed by atoms with van der Waals surface area (Å²) in [4.78, 5) is 12.5. The molecule has 0 radical (unpaired) electrons. The zero-order valence-electron chi connectivity index (χ0n) is 17.3. The van der Waals surface area contributed by atoms with Crippen LogP contribution >= 0.6 is 0 Å². The number of anilines is 1. The fourth-order valence-corrected chi connectivity index (χ4v) is 3.91. The summed E-state index contributed by atoms with van der Waals surface area (Å²) >= 11 is 0. The monoisotopic (exact) mass is 426 g/mol. The van der Waals surface area contributed by atoms with E-state index in [1.165, 1.54) is 23.9 Å². The molecule has 10 heteroatoms. The standard InChI is InChI=1S/C19H27FN4O4S/c1-19(2,3)16-12-17(23(4)22-16)21-18(25)13-24(10-11-28-5)29(26,27)15-8-6-14(20)7-9-15/h6-9,12H,10-11,13H2,1-5H3,(H,21,25). The van der Waals surface area contributed by atoms with Crippen LogP contribution in [0.2, 0.25) is 0 Å². The van der Waals surface area contributed by atoms with Gasteiger partial charge in [0.25, 0.3) is 0 Å². The molecule has 1 aromatic carbocycles. The van der Waals surface area contributed by atoms with Gasteiger partial charge in [-0.25, -0.2) is 12.8 Å². The maximum absolute atomic E-state index is 13.2. The highest BCUT2D eigenvalue weighted by Gasteiger charge is 2.27. The number of methoxy groups -OCH3 is 1. The van der Waals surface area contributed by atoms with Gasteiger partial charge in [0.1, 0.15) is 11.6 Å². The average molecular weight is 427 g/mol. The van der Waals surface area contributed by atoms with Crippen LogP contribution in [0.25, 0.3) is 0 Å². The molecule has 1 N–H and O–H groups in total. The summed E-state index contributed by atoms with van der Waals surface area (Å²) in [6.07, 6.45) is 0. The van der Waals surface area contributed by atoms with E-state index in [2.05, 4.69) is 10.4 Å². The van der Waals surface area contributed by atoms with Gasteiger partial charge in [-0.3, -0.25) is 9.48 Å². The van der Waals surface area contributed by atoms with E-state index >= 15 is 0 Å². The fourth-order valence-electron chi connectivity index (χ4n) is 2.53. The third kappa shape index (κ3) is 5.84. The average Bonchev–Trinajstić information content (AvgIpc) is 2.99. The Morgan fingerprint density at radius 1 is 1.28 bits per heavy atom. The van der Waals surface area contributed by atoms with Crippen LogP contribution in [-0.4, -0.2) is 55.2 Å². The maximum Gasteiger partial charge on any atom is 0.243 e. The van der Waals surface area contributed by atoms with Crippen molar-refractivity contribution in [3.05, 3.63) is 41.8 Å². The molecule has 0 aliphatic heterocycles. The highest BCUT2D eigenvalue weighted by Crippen LogP contribution is 2.23. The molecule has 1 amide bonds. The number of sulfonamides is 1. The minimum absolute atomic E-state index is 0.0255. The molecular formula is C19H27FN4O4S. The first kappa shape index (κ1) is 23.0. The summed E-state index contributed by atoms with van der Waals surface area (Å²) < 4.78 is 46.4. The van der Waals surface area contributed by atoms with Crippen LogP contribution in [0.5, 0.6) is 0 Å². The van der Waals surface area contributed by atoms with Crippen LogP contribution in [0, 0.1) is 5.82 Å². The Morgan fingerprint density at radius 3 is 2.41 bits per heavy atom. The first-order valence-corrected chi connectivity index (χ1v) is 10.5. The lowest BCUT2D eigenvalue weighted by Crippen LogP contribution is -2.40. The number of carbonyl (C=O) groups excluding carboxylic acids is 1. The number of aryl methyl sites for hydroxylation is 1. The Labute approximate surface area is 170 Å². The SMILES string of the molecule is COCCN(CC(=O)Nc1cc(C(C)(C)C)nn1C)S(=O)(=O)c1ccc(F)cc1. The summed E-state index contributed by atoms with van der Waals surface area (Å²) in [6.45, 7) is 5.67. The van der Waals surface area contributed by atoms with Gasteiger partial charge in [-0.15, -0.1) is 0 Å². The van der Waals surface area contributed by atoms with Crippen LogP contribution in [0.1, 0.15) is 26.5 Å². The van der Waals surface area contributed by atoms with Gasteiger partial charge in [-0.1, -0.05) is 20.8 Å². The summed E-state index contributed by atoms with van der Waals surface area (Å²) in [5, 5.41) is 7.08. The van der Waals surface area contributed by atoms with Crippen LogP contribution in [-0.2, 0) is 32.0 Å². The Morgan fingerprint density at radius 2 is 1.90 bits per heavy atom. The second-order valence-corrected chi connectivity index (χ2v) is 9.56. The first-order valence-electron chi connectivity index (χ1n) is 9.04. The molecule has 0 saturated heterocycles. The Bertz CT molecular complexity index is 950. The predicted octanol–water partition coefficient (Wildman–Crippen LogP) is 2.13. The van der Waals surface area contributed by atoms with Crippen molar-refractivity contribution < 1.29 is 22.3 Å². The minimum atomic E-state index is -4.00. The molecule has 0 aliphatic carbocycles. The molecule has 1 heterocycles. The molecule has 1 aromatic heterocycles. The highest BCUT2D eigenvalue weighted by molar-refractivity contribution is 7.89. The van der Waals surface area contributed by atoms with Crippen LogP contribution in [0.3, 0.4) is 0 Å². The maximum atomic E-state index is 13.2. The van der Waals surface area contributed by atoms with E-state index in [9.17, 15) is 17.6 Å². The lowest BCUT2D eigenvalue weighted by molar-refractivity contribution is -0.116. The number of rotatable bonds is 8. The molecule has 160 valence electrons. The second-order valence-electron chi connectivity index (χ2n) is 7.62. The molecule has 0 atom stereocenters. The lowest BCUT2D eigenvalue weighted by Gasteiger charge is -2.21. The molecule has 0 aliphatic rings. The molecule has 0 unspecified atom stereocenters. The van der Waals surface area contributed by atoms with Gasteiger partial charge >= 0.3 is 0 Å². The molecule has 0 bridgehead atoms. The van der Waals surface area contributed by atoms with E-state index < -0.39 is 28.3 Å². The van der Waals surface area contributed by atoms with Crippen molar-refractivity contribution in [3.63, 3.8) is 0 Å². The molecule has 8 nitrogen and oxygen atoms in total. The first-order chi connectivity index (χ1) is 13.4. The normalized spacial score (nSPS) is 12.4. The van der Waals surface area contributed by atoms with E-state index in [0.717, 1.165) is 22.1 Å². The summed E-state index contributed by atoms with van der Waals surface area (Å²) in [6, 6.07) is 6.21. The highest BCUT2D eigenvalue weighted by atomic mass is 32.2. The van der Waals surface area contributed by atoms with Gasteiger partial charge in [0.05, 0.1) is 23.7 Å². The molecule has 2 rings (SSSR count).